The van der Waals surface area contributed by atoms with Crippen molar-refractivity contribution >= 4 is 16.9 Å². The highest BCUT2D eigenvalue weighted by Crippen LogP contribution is 2.36. The summed E-state index contributed by atoms with van der Waals surface area (Å²) in [7, 11) is 4.09. The Kier molecular flexibility index (Phi) is 10.7. The number of hydrogen-bond donors (Lipinski definition) is 0. The summed E-state index contributed by atoms with van der Waals surface area (Å²) >= 11 is 0. The van der Waals surface area contributed by atoms with Crippen LogP contribution in [0.25, 0.3) is 11.1 Å². The number of nitrogens with zero attached hydrogens (tertiary/aromatic N) is 1. The Morgan fingerprint density at radius 2 is 1.21 bits per heavy atom. The van der Waals surface area contributed by atoms with Gasteiger partial charge in [0.1, 0.15) is 18.1 Å². The lowest BCUT2D eigenvalue weighted by molar-refractivity contribution is -0.119. The molecule has 0 aliphatic heterocycles. The van der Waals surface area contributed by atoms with Gasteiger partial charge in [0.25, 0.3) is 0 Å². The summed E-state index contributed by atoms with van der Waals surface area (Å²) in [6, 6.07) is 39.8. The number of aryl methyl sites for hydroxylation is 1. The van der Waals surface area contributed by atoms with Crippen molar-refractivity contribution in [2.24, 2.45) is 0 Å². The molecule has 200 valence electrons. The zero-order chi connectivity index (χ0) is 27.3. The van der Waals surface area contributed by atoms with Crippen LogP contribution in [0.5, 0.6) is 5.75 Å². The van der Waals surface area contributed by atoms with Crippen molar-refractivity contribution in [3.63, 3.8) is 0 Å². The number of hydrogen-bond acceptors (Lipinski definition) is 3. The quantitative estimate of drug-likeness (QED) is 0.159. The fourth-order valence-electron chi connectivity index (χ4n) is 4.75. The van der Waals surface area contributed by atoms with E-state index in [1.54, 1.807) is 0 Å². The fourth-order valence-corrected chi connectivity index (χ4v) is 4.75. The standard InChI is InChI=1S/C36H39NO2/c1-37(2)27-28-39-34-25-22-32(23-26-34)36(31-17-10-5-11-18-31)35(30-15-8-4-9-16-30)20-12-19-33(38)24-21-29-13-6-3-7-14-29/h3-11,13-18,22-23,25-26H,12,19-21,24,27-28H2,1-2H3/b36-35-. The van der Waals surface area contributed by atoms with Crippen LogP contribution in [0.3, 0.4) is 0 Å². The topological polar surface area (TPSA) is 29.5 Å². The molecule has 39 heavy (non-hydrogen) atoms. The molecule has 0 aliphatic carbocycles. The lowest BCUT2D eigenvalue weighted by Crippen LogP contribution is -2.19. The molecule has 4 rings (SSSR count). The van der Waals surface area contributed by atoms with Gasteiger partial charge in [-0.3, -0.25) is 4.79 Å². The summed E-state index contributed by atoms with van der Waals surface area (Å²) in [5.41, 5.74) is 7.20. The first kappa shape index (κ1) is 28.1. The monoisotopic (exact) mass is 517 g/mol. The Bertz CT molecular complexity index is 1310. The number of allylic oxidation sites excluding steroid dienone is 1. The molecule has 0 N–H and O–H groups in total. The molecule has 0 atom stereocenters. The molecule has 4 aromatic carbocycles. The largest absolute Gasteiger partial charge is 0.492 e. The van der Waals surface area contributed by atoms with Gasteiger partial charge in [0.05, 0.1) is 0 Å². The molecule has 0 saturated carbocycles. The van der Waals surface area contributed by atoms with E-state index in [0.717, 1.165) is 37.1 Å². The summed E-state index contributed by atoms with van der Waals surface area (Å²) < 4.78 is 5.95. The van der Waals surface area contributed by atoms with E-state index in [9.17, 15) is 4.79 Å². The molecule has 0 bridgehead atoms. The number of Topliss-reactive ketones (excluding diaryl/α,β-unsaturated/α-hetero) is 1. The normalized spacial score (nSPS) is 11.8. The van der Waals surface area contributed by atoms with Crippen LogP contribution in [0.15, 0.2) is 115 Å². The van der Waals surface area contributed by atoms with Gasteiger partial charge in [-0.05, 0) is 78.9 Å². The molecule has 0 saturated heterocycles. The summed E-state index contributed by atoms with van der Waals surface area (Å²) in [5, 5.41) is 0. The highest BCUT2D eigenvalue weighted by molar-refractivity contribution is 5.98. The Balaban J connectivity index is 1.58. The number of rotatable bonds is 14. The highest BCUT2D eigenvalue weighted by atomic mass is 16.5. The molecule has 0 spiro atoms. The second-order valence-electron chi connectivity index (χ2n) is 10.1. The van der Waals surface area contributed by atoms with E-state index in [2.05, 4.69) is 102 Å². The number of benzene rings is 4. The van der Waals surface area contributed by atoms with Crippen molar-refractivity contribution in [2.75, 3.05) is 27.2 Å². The van der Waals surface area contributed by atoms with Gasteiger partial charge in [0.2, 0.25) is 0 Å². The minimum absolute atomic E-state index is 0.326. The van der Waals surface area contributed by atoms with E-state index < -0.39 is 0 Å². The Labute approximate surface area is 233 Å². The third-order valence-electron chi connectivity index (χ3n) is 6.85. The molecule has 0 unspecified atom stereocenters. The van der Waals surface area contributed by atoms with Crippen LogP contribution in [0, 0.1) is 0 Å². The maximum atomic E-state index is 12.8. The van der Waals surface area contributed by atoms with Crippen molar-refractivity contribution in [3.8, 4) is 5.75 Å². The average molecular weight is 518 g/mol. The summed E-state index contributed by atoms with van der Waals surface area (Å²) in [5.74, 6) is 1.20. The van der Waals surface area contributed by atoms with E-state index in [1.165, 1.54) is 27.8 Å². The smallest absolute Gasteiger partial charge is 0.133 e. The molecule has 0 radical (unpaired) electrons. The fraction of sp³-hybridized carbons (Fsp3) is 0.250. The first-order chi connectivity index (χ1) is 19.1. The zero-order valence-electron chi connectivity index (χ0n) is 23.2. The van der Waals surface area contributed by atoms with Gasteiger partial charge in [0, 0.05) is 19.4 Å². The van der Waals surface area contributed by atoms with Gasteiger partial charge in [0.15, 0.2) is 0 Å². The minimum Gasteiger partial charge on any atom is -0.492 e. The summed E-state index contributed by atoms with van der Waals surface area (Å²) in [4.78, 5) is 14.9. The number of ether oxygens (including phenoxy) is 1. The third kappa shape index (κ3) is 8.80. The Morgan fingerprint density at radius 3 is 1.82 bits per heavy atom. The summed E-state index contributed by atoms with van der Waals surface area (Å²) in [6.07, 6.45) is 3.63. The lowest BCUT2D eigenvalue weighted by Gasteiger charge is -2.18. The number of carbonyl (C=O) groups is 1. The van der Waals surface area contributed by atoms with Crippen molar-refractivity contribution in [1.29, 1.82) is 0 Å². The first-order valence-electron chi connectivity index (χ1n) is 13.9. The van der Waals surface area contributed by atoms with Crippen LogP contribution in [0.1, 0.15) is 47.9 Å². The maximum Gasteiger partial charge on any atom is 0.133 e. The Morgan fingerprint density at radius 1 is 0.641 bits per heavy atom. The molecule has 0 amide bonds. The van der Waals surface area contributed by atoms with Crippen LogP contribution in [-0.2, 0) is 11.2 Å². The average Bonchev–Trinajstić information content (AvgIpc) is 2.97. The van der Waals surface area contributed by atoms with Crippen LogP contribution in [-0.4, -0.2) is 37.9 Å². The predicted octanol–water partition coefficient (Wildman–Crippen LogP) is 7.96. The molecule has 0 heterocycles. The van der Waals surface area contributed by atoms with Gasteiger partial charge in [-0.25, -0.2) is 0 Å². The molecule has 4 aromatic rings. The van der Waals surface area contributed by atoms with Gasteiger partial charge >= 0.3 is 0 Å². The van der Waals surface area contributed by atoms with Crippen LogP contribution < -0.4 is 4.74 Å². The maximum absolute atomic E-state index is 12.8. The van der Waals surface area contributed by atoms with E-state index >= 15 is 0 Å². The van der Waals surface area contributed by atoms with Crippen LogP contribution in [0.4, 0.5) is 0 Å². The third-order valence-corrected chi connectivity index (χ3v) is 6.85. The van der Waals surface area contributed by atoms with Gasteiger partial charge < -0.3 is 9.64 Å². The highest BCUT2D eigenvalue weighted by Gasteiger charge is 2.15. The Hall–Kier alpha value is -3.95. The second kappa shape index (κ2) is 14.8. The SMILES string of the molecule is CN(C)CCOc1ccc(/C(=C(/CCCC(=O)CCc2ccccc2)c2ccccc2)c2ccccc2)cc1. The predicted molar refractivity (Wildman–Crippen MR) is 163 cm³/mol. The molecular formula is C36H39NO2. The van der Waals surface area contributed by atoms with Crippen molar-refractivity contribution in [3.05, 3.63) is 138 Å². The number of likely N-dealkylation sites (N-methyl/N-ethyl adjacent to an activating group) is 1. The van der Waals surface area contributed by atoms with E-state index in [4.69, 9.17) is 4.74 Å². The van der Waals surface area contributed by atoms with Gasteiger partial charge in [-0.2, -0.15) is 0 Å². The molecule has 3 nitrogen and oxygen atoms in total. The van der Waals surface area contributed by atoms with Gasteiger partial charge in [-0.1, -0.05) is 103 Å². The van der Waals surface area contributed by atoms with Gasteiger partial charge in [-0.15, -0.1) is 0 Å². The molecule has 0 aliphatic rings. The number of ketones is 1. The van der Waals surface area contributed by atoms with Crippen molar-refractivity contribution in [2.45, 2.75) is 32.1 Å². The van der Waals surface area contributed by atoms with Crippen LogP contribution in [0.2, 0.25) is 0 Å². The molecule has 3 heteroatoms. The number of carbonyl (C=O) groups excluding carboxylic acids is 1. The minimum atomic E-state index is 0.326. The second-order valence-corrected chi connectivity index (χ2v) is 10.1. The lowest BCUT2D eigenvalue weighted by atomic mass is 9.86. The first-order valence-corrected chi connectivity index (χ1v) is 13.9. The van der Waals surface area contributed by atoms with Crippen LogP contribution >= 0.6 is 0 Å². The summed E-state index contributed by atoms with van der Waals surface area (Å²) in [6.45, 7) is 1.53. The molecular weight excluding hydrogens is 478 g/mol. The van der Waals surface area contributed by atoms with Crippen molar-refractivity contribution < 1.29 is 9.53 Å². The molecule has 0 fully saturated rings. The van der Waals surface area contributed by atoms with E-state index in [0.29, 0.717) is 25.2 Å². The van der Waals surface area contributed by atoms with Crippen molar-refractivity contribution in [1.82, 2.24) is 4.90 Å². The van der Waals surface area contributed by atoms with E-state index in [-0.39, 0.29) is 0 Å². The molecule has 0 aromatic heterocycles. The zero-order valence-corrected chi connectivity index (χ0v) is 23.2. The van der Waals surface area contributed by atoms with E-state index in [1.807, 2.05) is 32.3 Å².